The summed E-state index contributed by atoms with van der Waals surface area (Å²) in [5.41, 5.74) is 0. The summed E-state index contributed by atoms with van der Waals surface area (Å²) in [5, 5.41) is 11.7. The Labute approximate surface area is 104 Å². The van der Waals surface area contributed by atoms with Crippen molar-refractivity contribution in [2.45, 2.75) is 37.5 Å². The van der Waals surface area contributed by atoms with Crippen molar-refractivity contribution in [1.82, 2.24) is 10.2 Å². The minimum atomic E-state index is -0.954. The van der Waals surface area contributed by atoms with E-state index in [1.54, 1.807) is 0 Å². The van der Waals surface area contributed by atoms with Crippen LogP contribution in [0.1, 0.15) is 19.3 Å². The topological polar surface area (TPSA) is 95.9 Å². The molecule has 0 radical (unpaired) electrons. The number of nitrogens with one attached hydrogen (secondary N) is 1. The number of carbonyl (C=O) groups excluding carboxylic acids is 2. The fourth-order valence-electron chi connectivity index (χ4n) is 2.23. The molecule has 2 N–H and O–H groups in total. The molecular formula is C11H16N2O5. The second kappa shape index (κ2) is 5.03. The fourth-order valence-corrected chi connectivity index (χ4v) is 2.23. The second-order valence-electron chi connectivity index (χ2n) is 4.62. The molecule has 100 valence electrons. The highest BCUT2D eigenvalue weighted by atomic mass is 16.5. The van der Waals surface area contributed by atoms with Gasteiger partial charge in [0.1, 0.15) is 0 Å². The minimum absolute atomic E-state index is 0.157. The van der Waals surface area contributed by atoms with Crippen LogP contribution < -0.4 is 5.32 Å². The molecule has 0 spiro atoms. The quantitative estimate of drug-likeness (QED) is 0.624. The number of carboxylic acid groups (broad SMARTS) is 1. The minimum Gasteiger partial charge on any atom is -0.479 e. The van der Waals surface area contributed by atoms with Crippen molar-refractivity contribution >= 4 is 17.8 Å². The van der Waals surface area contributed by atoms with Gasteiger partial charge in [0.2, 0.25) is 11.8 Å². The van der Waals surface area contributed by atoms with Crippen molar-refractivity contribution in [2.24, 2.45) is 0 Å². The average Bonchev–Trinajstić information content (AvgIpc) is 2.88. The lowest BCUT2D eigenvalue weighted by atomic mass is 10.2. The molecule has 2 aliphatic heterocycles. The maximum atomic E-state index is 11.6. The molecule has 7 nitrogen and oxygen atoms in total. The van der Waals surface area contributed by atoms with Gasteiger partial charge in [-0.05, 0) is 12.8 Å². The number of amides is 2. The van der Waals surface area contributed by atoms with Gasteiger partial charge in [-0.15, -0.1) is 0 Å². The third-order valence-corrected chi connectivity index (χ3v) is 3.36. The monoisotopic (exact) mass is 256 g/mol. The summed E-state index contributed by atoms with van der Waals surface area (Å²) in [7, 11) is 1.46. The number of aliphatic carboxylic acids is 1. The molecule has 18 heavy (non-hydrogen) atoms. The second-order valence-corrected chi connectivity index (χ2v) is 4.62. The first-order valence-electron chi connectivity index (χ1n) is 5.91. The Balaban J connectivity index is 1.78. The summed E-state index contributed by atoms with van der Waals surface area (Å²) >= 11 is 0. The summed E-state index contributed by atoms with van der Waals surface area (Å²) in [6, 6.07) is -0.505. The van der Waals surface area contributed by atoms with E-state index in [1.165, 1.54) is 7.05 Å². The summed E-state index contributed by atoms with van der Waals surface area (Å²) < 4.78 is 5.30. The lowest BCUT2D eigenvalue weighted by Crippen LogP contribution is -2.41. The van der Waals surface area contributed by atoms with Crippen LogP contribution in [0.2, 0.25) is 0 Å². The molecule has 2 aliphatic rings. The first-order valence-corrected chi connectivity index (χ1v) is 5.91. The molecule has 0 bridgehead atoms. The van der Waals surface area contributed by atoms with E-state index in [-0.39, 0.29) is 24.3 Å². The lowest BCUT2D eigenvalue weighted by molar-refractivity contribution is -0.149. The number of imide groups is 1. The molecule has 0 aromatic rings. The van der Waals surface area contributed by atoms with Gasteiger partial charge in [0.15, 0.2) is 6.10 Å². The van der Waals surface area contributed by atoms with Crippen LogP contribution in [0.25, 0.3) is 0 Å². The van der Waals surface area contributed by atoms with Crippen LogP contribution in [0.15, 0.2) is 0 Å². The molecule has 2 heterocycles. The van der Waals surface area contributed by atoms with Crippen LogP contribution >= 0.6 is 0 Å². The third-order valence-electron chi connectivity index (χ3n) is 3.36. The van der Waals surface area contributed by atoms with Gasteiger partial charge in [0.25, 0.3) is 0 Å². The Bertz CT molecular complexity index is 384. The number of carbonyl (C=O) groups is 3. The molecule has 3 atom stereocenters. The summed E-state index contributed by atoms with van der Waals surface area (Å²) in [6.45, 7) is 0.390. The van der Waals surface area contributed by atoms with Gasteiger partial charge in [0, 0.05) is 13.6 Å². The Morgan fingerprint density at radius 2 is 2.22 bits per heavy atom. The highest BCUT2D eigenvalue weighted by Crippen LogP contribution is 2.20. The molecule has 0 aromatic heterocycles. The third kappa shape index (κ3) is 2.51. The van der Waals surface area contributed by atoms with E-state index in [2.05, 4.69) is 5.32 Å². The zero-order valence-electron chi connectivity index (χ0n) is 10.1. The molecule has 2 fully saturated rings. The van der Waals surface area contributed by atoms with Gasteiger partial charge in [-0.3, -0.25) is 14.5 Å². The lowest BCUT2D eigenvalue weighted by Gasteiger charge is -2.15. The van der Waals surface area contributed by atoms with Crippen molar-refractivity contribution in [3.63, 3.8) is 0 Å². The first-order chi connectivity index (χ1) is 8.49. The molecular weight excluding hydrogens is 240 g/mol. The van der Waals surface area contributed by atoms with E-state index >= 15 is 0 Å². The van der Waals surface area contributed by atoms with Crippen molar-refractivity contribution < 1.29 is 24.2 Å². The number of hydrogen-bond donors (Lipinski definition) is 2. The number of ether oxygens (including phenoxy) is 1. The number of nitrogens with zero attached hydrogens (tertiary/aromatic N) is 1. The molecule has 3 unspecified atom stereocenters. The van der Waals surface area contributed by atoms with Gasteiger partial charge in [-0.2, -0.15) is 0 Å². The SMILES string of the molecule is CN1C(=O)CC(NCC2CCC(C(=O)O)O2)C1=O. The van der Waals surface area contributed by atoms with E-state index in [0.717, 1.165) is 4.90 Å². The Morgan fingerprint density at radius 1 is 1.50 bits per heavy atom. The normalized spacial score (nSPS) is 32.3. The predicted octanol–water partition coefficient (Wildman–Crippen LogP) is -1.03. The molecule has 0 saturated carbocycles. The average molecular weight is 256 g/mol. The van der Waals surface area contributed by atoms with Gasteiger partial charge >= 0.3 is 5.97 Å². The van der Waals surface area contributed by atoms with Crippen LogP contribution in [0.4, 0.5) is 0 Å². The van der Waals surface area contributed by atoms with Gasteiger partial charge in [0.05, 0.1) is 18.6 Å². The zero-order valence-corrected chi connectivity index (χ0v) is 10.1. The summed E-state index contributed by atoms with van der Waals surface area (Å²) in [6.07, 6.45) is 0.332. The smallest absolute Gasteiger partial charge is 0.332 e. The molecule has 0 aromatic carbocycles. The van der Waals surface area contributed by atoms with Gasteiger partial charge in [-0.25, -0.2) is 4.79 Å². The number of rotatable bonds is 4. The molecule has 2 rings (SSSR count). The standard InChI is InChI=1S/C11H16N2O5/c1-13-9(14)4-7(10(13)15)12-5-6-2-3-8(18-6)11(16)17/h6-8,12H,2-5H2,1H3,(H,16,17). The van der Waals surface area contributed by atoms with E-state index < -0.39 is 18.1 Å². The molecule has 2 amide bonds. The Kier molecular flexibility index (Phi) is 3.63. The van der Waals surface area contributed by atoms with Crippen LogP contribution in [-0.2, 0) is 19.1 Å². The highest BCUT2D eigenvalue weighted by molar-refractivity contribution is 6.05. The summed E-state index contributed by atoms with van der Waals surface area (Å²) in [4.78, 5) is 34.7. The van der Waals surface area contributed by atoms with Crippen molar-refractivity contribution in [3.05, 3.63) is 0 Å². The highest BCUT2D eigenvalue weighted by Gasteiger charge is 2.37. The maximum absolute atomic E-state index is 11.6. The largest absolute Gasteiger partial charge is 0.479 e. The van der Waals surface area contributed by atoms with Crippen molar-refractivity contribution in [3.8, 4) is 0 Å². The predicted molar refractivity (Wildman–Crippen MR) is 59.7 cm³/mol. The molecule has 7 heteroatoms. The number of likely N-dealkylation sites (tertiary alicyclic amines) is 1. The Morgan fingerprint density at radius 3 is 2.72 bits per heavy atom. The zero-order chi connectivity index (χ0) is 13.3. The van der Waals surface area contributed by atoms with E-state index in [4.69, 9.17) is 9.84 Å². The molecule has 0 aliphatic carbocycles. The number of hydrogen-bond acceptors (Lipinski definition) is 5. The van der Waals surface area contributed by atoms with Gasteiger partial charge < -0.3 is 15.2 Å². The summed E-state index contributed by atoms with van der Waals surface area (Å²) in [5.74, 6) is -1.40. The number of carboxylic acids is 1. The van der Waals surface area contributed by atoms with E-state index in [1.807, 2.05) is 0 Å². The van der Waals surface area contributed by atoms with Gasteiger partial charge in [-0.1, -0.05) is 0 Å². The van der Waals surface area contributed by atoms with Crippen molar-refractivity contribution in [2.75, 3.05) is 13.6 Å². The fraction of sp³-hybridized carbons (Fsp3) is 0.727. The van der Waals surface area contributed by atoms with Crippen LogP contribution in [0, 0.1) is 0 Å². The van der Waals surface area contributed by atoms with Crippen LogP contribution in [0.3, 0.4) is 0 Å². The Hall–Kier alpha value is -1.47. The first kappa shape index (κ1) is 13.0. The number of likely N-dealkylation sites (N-methyl/N-ethyl adjacent to an activating group) is 1. The van der Waals surface area contributed by atoms with Crippen LogP contribution in [0.5, 0.6) is 0 Å². The maximum Gasteiger partial charge on any atom is 0.332 e. The molecule has 2 saturated heterocycles. The van der Waals surface area contributed by atoms with Crippen LogP contribution in [-0.4, -0.2) is 59.6 Å². The van der Waals surface area contributed by atoms with E-state index in [0.29, 0.717) is 19.4 Å². The van der Waals surface area contributed by atoms with E-state index in [9.17, 15) is 14.4 Å². The van der Waals surface area contributed by atoms with Crippen molar-refractivity contribution in [1.29, 1.82) is 0 Å².